The fourth-order valence-corrected chi connectivity index (χ4v) is 2.82. The highest BCUT2D eigenvalue weighted by Crippen LogP contribution is 2.28. The van der Waals surface area contributed by atoms with E-state index in [1.807, 2.05) is 6.08 Å². The summed E-state index contributed by atoms with van der Waals surface area (Å²) < 4.78 is 0. The Hall–Kier alpha value is -1.08. The molecule has 1 aliphatic rings. The van der Waals surface area contributed by atoms with Gasteiger partial charge in [0.1, 0.15) is 0 Å². The Bertz CT molecular complexity index is 350. The minimum Gasteiger partial charge on any atom is -0.316 e. The fourth-order valence-electron chi connectivity index (χ4n) is 2.82. The van der Waals surface area contributed by atoms with Crippen molar-refractivity contribution >= 4 is 6.08 Å². The van der Waals surface area contributed by atoms with Crippen LogP contribution >= 0.6 is 0 Å². The normalized spacial score (nSPS) is 24.5. The van der Waals surface area contributed by atoms with Crippen LogP contribution in [0.4, 0.5) is 0 Å². The van der Waals surface area contributed by atoms with Crippen molar-refractivity contribution in [2.45, 2.75) is 32.1 Å². The van der Waals surface area contributed by atoms with Gasteiger partial charge in [-0.15, -0.1) is 0 Å². The van der Waals surface area contributed by atoms with Crippen LogP contribution in [0.2, 0.25) is 0 Å². The lowest BCUT2D eigenvalue weighted by Crippen LogP contribution is -2.35. The van der Waals surface area contributed by atoms with Gasteiger partial charge in [-0.3, -0.25) is 0 Å². The van der Waals surface area contributed by atoms with Gasteiger partial charge in [0.2, 0.25) is 0 Å². The van der Waals surface area contributed by atoms with E-state index in [9.17, 15) is 0 Å². The van der Waals surface area contributed by atoms with Gasteiger partial charge in [-0.2, -0.15) is 0 Å². The lowest BCUT2D eigenvalue weighted by atomic mass is 9.83. The van der Waals surface area contributed by atoms with E-state index in [4.69, 9.17) is 0 Å². The Morgan fingerprint density at radius 1 is 1.29 bits per heavy atom. The van der Waals surface area contributed by atoms with Crippen LogP contribution in [-0.4, -0.2) is 13.1 Å². The van der Waals surface area contributed by atoms with E-state index in [0.29, 0.717) is 5.92 Å². The second-order valence-electron chi connectivity index (χ2n) is 5.12. The summed E-state index contributed by atoms with van der Waals surface area (Å²) in [5.41, 5.74) is 2.69. The van der Waals surface area contributed by atoms with Crippen molar-refractivity contribution in [1.29, 1.82) is 0 Å². The summed E-state index contributed by atoms with van der Waals surface area (Å²) in [4.78, 5) is 0. The van der Waals surface area contributed by atoms with Gasteiger partial charge in [-0.05, 0) is 42.3 Å². The highest BCUT2D eigenvalue weighted by Gasteiger charge is 2.21. The van der Waals surface area contributed by atoms with Gasteiger partial charge in [-0.1, -0.05) is 50.3 Å². The first-order valence-corrected chi connectivity index (χ1v) is 6.76. The standard InChI is InChI=1S/C16H23N/c1-3-5-14-10-16(12-17-11-14)15-8-6-13(4-2)7-9-15/h4,6-9,14,16-17H,2-3,5,10-12H2,1H3. The van der Waals surface area contributed by atoms with E-state index in [1.165, 1.54) is 36.9 Å². The third-order valence-corrected chi connectivity index (χ3v) is 3.78. The summed E-state index contributed by atoms with van der Waals surface area (Å²) in [5, 5.41) is 3.58. The van der Waals surface area contributed by atoms with Gasteiger partial charge in [0, 0.05) is 6.54 Å². The molecule has 2 rings (SSSR count). The lowest BCUT2D eigenvalue weighted by molar-refractivity contribution is 0.323. The fraction of sp³-hybridized carbons (Fsp3) is 0.500. The van der Waals surface area contributed by atoms with Gasteiger partial charge >= 0.3 is 0 Å². The van der Waals surface area contributed by atoms with E-state index in [-0.39, 0.29) is 0 Å². The third-order valence-electron chi connectivity index (χ3n) is 3.78. The first-order chi connectivity index (χ1) is 8.33. The van der Waals surface area contributed by atoms with Crippen molar-refractivity contribution in [2.75, 3.05) is 13.1 Å². The summed E-state index contributed by atoms with van der Waals surface area (Å²) in [7, 11) is 0. The van der Waals surface area contributed by atoms with Crippen LogP contribution in [0.15, 0.2) is 30.8 Å². The molecule has 0 amide bonds. The molecule has 1 saturated heterocycles. The summed E-state index contributed by atoms with van der Waals surface area (Å²) in [6.07, 6.45) is 5.90. The molecule has 1 aromatic carbocycles. The molecule has 0 bridgehead atoms. The molecule has 1 nitrogen and oxygen atoms in total. The largest absolute Gasteiger partial charge is 0.316 e. The van der Waals surface area contributed by atoms with Crippen molar-refractivity contribution in [3.63, 3.8) is 0 Å². The summed E-state index contributed by atoms with van der Waals surface area (Å²) >= 11 is 0. The number of hydrogen-bond donors (Lipinski definition) is 1. The van der Waals surface area contributed by atoms with Gasteiger partial charge in [0.25, 0.3) is 0 Å². The Kier molecular flexibility index (Phi) is 4.38. The molecule has 1 fully saturated rings. The van der Waals surface area contributed by atoms with Crippen LogP contribution in [0, 0.1) is 5.92 Å². The Morgan fingerprint density at radius 3 is 2.71 bits per heavy atom. The van der Waals surface area contributed by atoms with Gasteiger partial charge in [-0.25, -0.2) is 0 Å². The van der Waals surface area contributed by atoms with Crippen molar-refractivity contribution in [1.82, 2.24) is 5.32 Å². The van der Waals surface area contributed by atoms with Gasteiger partial charge < -0.3 is 5.32 Å². The van der Waals surface area contributed by atoms with E-state index >= 15 is 0 Å². The number of benzene rings is 1. The van der Waals surface area contributed by atoms with Gasteiger partial charge in [0.15, 0.2) is 0 Å². The molecule has 92 valence electrons. The molecule has 0 saturated carbocycles. The molecule has 0 aliphatic carbocycles. The molecule has 17 heavy (non-hydrogen) atoms. The molecule has 0 spiro atoms. The lowest BCUT2D eigenvalue weighted by Gasteiger charge is -2.30. The van der Waals surface area contributed by atoms with Gasteiger partial charge in [0.05, 0.1) is 0 Å². The first kappa shape index (κ1) is 12.4. The minimum atomic E-state index is 0.694. The Morgan fingerprint density at radius 2 is 2.06 bits per heavy atom. The molecule has 0 aromatic heterocycles. The van der Waals surface area contributed by atoms with Crippen LogP contribution in [0.1, 0.15) is 43.2 Å². The minimum absolute atomic E-state index is 0.694. The van der Waals surface area contributed by atoms with Crippen LogP contribution < -0.4 is 5.32 Å². The maximum atomic E-state index is 3.80. The average molecular weight is 229 g/mol. The zero-order chi connectivity index (χ0) is 12.1. The van der Waals surface area contributed by atoms with Crippen LogP contribution in [0.5, 0.6) is 0 Å². The number of hydrogen-bond acceptors (Lipinski definition) is 1. The average Bonchev–Trinajstić information content (AvgIpc) is 2.40. The molecular formula is C16H23N. The van der Waals surface area contributed by atoms with E-state index < -0.39 is 0 Å². The number of nitrogens with one attached hydrogen (secondary N) is 1. The second-order valence-corrected chi connectivity index (χ2v) is 5.12. The van der Waals surface area contributed by atoms with Crippen LogP contribution in [0.3, 0.4) is 0 Å². The Balaban J connectivity index is 2.02. The molecule has 1 aromatic rings. The molecule has 2 unspecified atom stereocenters. The molecule has 2 atom stereocenters. The van der Waals surface area contributed by atoms with E-state index in [1.54, 1.807) is 0 Å². The zero-order valence-corrected chi connectivity index (χ0v) is 10.8. The second kappa shape index (κ2) is 6.02. The highest BCUT2D eigenvalue weighted by atomic mass is 14.9. The monoisotopic (exact) mass is 229 g/mol. The van der Waals surface area contributed by atoms with Crippen molar-refractivity contribution in [3.05, 3.63) is 42.0 Å². The number of rotatable bonds is 4. The SMILES string of the molecule is C=Cc1ccc(C2CNCC(CCC)C2)cc1. The van der Waals surface area contributed by atoms with E-state index in [0.717, 1.165) is 12.5 Å². The smallest absolute Gasteiger partial charge is 0.00203 e. The molecule has 0 radical (unpaired) electrons. The maximum Gasteiger partial charge on any atom is 0.00203 e. The van der Waals surface area contributed by atoms with E-state index in [2.05, 4.69) is 43.1 Å². The summed E-state index contributed by atoms with van der Waals surface area (Å²) in [6.45, 7) is 8.41. The predicted molar refractivity (Wildman–Crippen MR) is 75.2 cm³/mol. The first-order valence-electron chi connectivity index (χ1n) is 6.76. The third kappa shape index (κ3) is 3.19. The molecule has 1 N–H and O–H groups in total. The maximum absolute atomic E-state index is 3.80. The van der Waals surface area contributed by atoms with Crippen molar-refractivity contribution in [3.8, 4) is 0 Å². The Labute approximate surface area is 105 Å². The topological polar surface area (TPSA) is 12.0 Å². The van der Waals surface area contributed by atoms with Crippen LogP contribution in [0.25, 0.3) is 6.08 Å². The molecule has 1 heteroatoms. The summed E-state index contributed by atoms with van der Waals surface area (Å²) in [5.74, 6) is 1.55. The zero-order valence-electron chi connectivity index (χ0n) is 10.8. The summed E-state index contributed by atoms with van der Waals surface area (Å²) in [6, 6.07) is 8.87. The quantitative estimate of drug-likeness (QED) is 0.827. The van der Waals surface area contributed by atoms with Crippen LogP contribution in [-0.2, 0) is 0 Å². The number of piperidine rings is 1. The van der Waals surface area contributed by atoms with Crippen molar-refractivity contribution < 1.29 is 0 Å². The molecule has 1 aliphatic heterocycles. The predicted octanol–water partition coefficient (Wildman–Crippen LogP) is 3.82. The highest BCUT2D eigenvalue weighted by molar-refractivity contribution is 5.47. The van der Waals surface area contributed by atoms with Crippen molar-refractivity contribution in [2.24, 2.45) is 5.92 Å². The molecular weight excluding hydrogens is 206 g/mol. The molecule has 1 heterocycles.